The first-order chi connectivity index (χ1) is 15.3. The van der Waals surface area contributed by atoms with E-state index in [1.807, 2.05) is 18.2 Å². The Hall–Kier alpha value is -3.39. The first-order valence-corrected chi connectivity index (χ1v) is 10.3. The first kappa shape index (κ1) is 21.8. The van der Waals surface area contributed by atoms with Gasteiger partial charge in [-0.2, -0.15) is 0 Å². The summed E-state index contributed by atoms with van der Waals surface area (Å²) in [5, 5.41) is 5.85. The van der Waals surface area contributed by atoms with Crippen LogP contribution in [0.25, 0.3) is 11.1 Å². The average Bonchev–Trinajstić information content (AvgIpc) is 3.12. The molecule has 1 aliphatic rings. The molecule has 6 nitrogen and oxygen atoms in total. The van der Waals surface area contributed by atoms with Gasteiger partial charge < -0.3 is 10.6 Å². The van der Waals surface area contributed by atoms with Gasteiger partial charge in [0.2, 0.25) is 5.92 Å². The Morgan fingerprint density at radius 2 is 1.91 bits per heavy atom. The zero-order valence-corrected chi connectivity index (χ0v) is 17.6. The smallest absolute Gasteiger partial charge is 0.270 e. The van der Waals surface area contributed by atoms with E-state index in [9.17, 15) is 18.4 Å². The number of alkyl halides is 2. The number of anilines is 1. The van der Waals surface area contributed by atoms with Crippen molar-refractivity contribution in [2.24, 2.45) is 0 Å². The third kappa shape index (κ3) is 5.08. The lowest BCUT2D eigenvalue weighted by molar-refractivity contribution is 0.00709. The average molecular weight is 457 g/mol. The standard InChI is InChI=1S/C23H19ClF2N4O2/c24-19-4-2-1-3-18(19)15-9-17(13-27-12-15)30-21(31)14-6-8-28-20(10-14)22(32)29-16-5-7-23(25,26)11-16/h1-4,6,8-10,12-13,16H,5,7,11H2,(H,29,32)(H,30,31). The van der Waals surface area contributed by atoms with Gasteiger partial charge in [-0.25, -0.2) is 8.78 Å². The zero-order chi connectivity index (χ0) is 22.7. The largest absolute Gasteiger partial charge is 0.348 e. The highest BCUT2D eigenvalue weighted by molar-refractivity contribution is 6.33. The molecular weight excluding hydrogens is 438 g/mol. The molecule has 3 aromatic rings. The van der Waals surface area contributed by atoms with E-state index in [2.05, 4.69) is 20.6 Å². The van der Waals surface area contributed by atoms with Crippen molar-refractivity contribution in [1.82, 2.24) is 15.3 Å². The van der Waals surface area contributed by atoms with E-state index < -0.39 is 30.2 Å². The zero-order valence-electron chi connectivity index (χ0n) is 16.8. The van der Waals surface area contributed by atoms with Crippen LogP contribution in [0.2, 0.25) is 5.02 Å². The summed E-state index contributed by atoms with van der Waals surface area (Å²) in [5.41, 5.74) is 2.14. The summed E-state index contributed by atoms with van der Waals surface area (Å²) in [6.07, 6.45) is 4.01. The molecule has 1 saturated carbocycles. The molecule has 1 unspecified atom stereocenters. The number of hydrogen-bond donors (Lipinski definition) is 2. The maximum absolute atomic E-state index is 13.4. The number of amides is 2. The minimum absolute atomic E-state index is 0.0178. The summed E-state index contributed by atoms with van der Waals surface area (Å²) in [7, 11) is 0. The Balaban J connectivity index is 1.46. The second kappa shape index (κ2) is 9.00. The predicted octanol–water partition coefficient (Wildman–Crippen LogP) is 4.97. The SMILES string of the molecule is O=C(Nc1cncc(-c2ccccc2Cl)c1)c1ccnc(C(=O)NC2CCC(F)(F)C2)c1. The molecule has 1 aliphatic carbocycles. The van der Waals surface area contributed by atoms with Crippen molar-refractivity contribution in [2.45, 2.75) is 31.2 Å². The topological polar surface area (TPSA) is 84.0 Å². The van der Waals surface area contributed by atoms with Gasteiger partial charge >= 0.3 is 0 Å². The van der Waals surface area contributed by atoms with Crippen molar-refractivity contribution in [3.8, 4) is 11.1 Å². The fraction of sp³-hybridized carbons (Fsp3) is 0.217. The van der Waals surface area contributed by atoms with Gasteiger partial charge in [0.05, 0.1) is 11.9 Å². The van der Waals surface area contributed by atoms with Gasteiger partial charge in [0.15, 0.2) is 0 Å². The van der Waals surface area contributed by atoms with Gasteiger partial charge in [0.25, 0.3) is 11.8 Å². The second-order valence-corrected chi connectivity index (χ2v) is 8.00. The summed E-state index contributed by atoms with van der Waals surface area (Å²) >= 11 is 6.23. The van der Waals surface area contributed by atoms with Gasteiger partial charge in [-0.05, 0) is 30.7 Å². The maximum atomic E-state index is 13.4. The van der Waals surface area contributed by atoms with E-state index in [-0.39, 0.29) is 24.1 Å². The van der Waals surface area contributed by atoms with Crippen LogP contribution in [0.15, 0.2) is 61.1 Å². The van der Waals surface area contributed by atoms with Crippen LogP contribution in [0.5, 0.6) is 0 Å². The van der Waals surface area contributed by atoms with Crippen LogP contribution < -0.4 is 10.6 Å². The molecule has 0 aliphatic heterocycles. The minimum Gasteiger partial charge on any atom is -0.348 e. The Morgan fingerprint density at radius 3 is 2.66 bits per heavy atom. The molecule has 2 N–H and O–H groups in total. The summed E-state index contributed by atoms with van der Waals surface area (Å²) in [6, 6.07) is 11.2. The predicted molar refractivity (Wildman–Crippen MR) is 117 cm³/mol. The second-order valence-electron chi connectivity index (χ2n) is 7.60. The molecule has 2 amide bonds. The molecule has 9 heteroatoms. The molecule has 0 spiro atoms. The molecule has 0 radical (unpaired) electrons. The Bertz CT molecular complexity index is 1170. The number of nitrogens with zero attached hydrogens (tertiary/aromatic N) is 2. The van der Waals surface area contributed by atoms with E-state index in [0.717, 1.165) is 11.1 Å². The normalized spacial score (nSPS) is 17.0. The number of benzene rings is 1. The van der Waals surface area contributed by atoms with Crippen molar-refractivity contribution in [1.29, 1.82) is 0 Å². The van der Waals surface area contributed by atoms with Crippen LogP contribution in [-0.2, 0) is 0 Å². The third-order valence-electron chi connectivity index (χ3n) is 5.17. The van der Waals surface area contributed by atoms with Crippen molar-refractivity contribution >= 4 is 29.1 Å². The number of carbonyl (C=O) groups is 2. The summed E-state index contributed by atoms with van der Waals surface area (Å²) in [4.78, 5) is 33.2. The molecule has 0 saturated heterocycles. The van der Waals surface area contributed by atoms with Gasteiger partial charge in [-0.1, -0.05) is 29.8 Å². The van der Waals surface area contributed by atoms with Crippen LogP contribution in [0.1, 0.15) is 40.1 Å². The molecule has 2 heterocycles. The Labute approximate surface area is 188 Å². The van der Waals surface area contributed by atoms with Gasteiger partial charge in [-0.15, -0.1) is 0 Å². The lowest BCUT2D eigenvalue weighted by Crippen LogP contribution is -2.34. The molecule has 1 fully saturated rings. The van der Waals surface area contributed by atoms with Gasteiger partial charge in [0.1, 0.15) is 5.69 Å². The quantitative estimate of drug-likeness (QED) is 0.568. The first-order valence-electron chi connectivity index (χ1n) is 9.97. The number of aromatic nitrogens is 2. The summed E-state index contributed by atoms with van der Waals surface area (Å²) in [5.74, 6) is -3.82. The minimum atomic E-state index is -2.76. The molecule has 32 heavy (non-hydrogen) atoms. The molecule has 4 rings (SSSR count). The van der Waals surface area contributed by atoms with E-state index in [1.165, 1.54) is 24.5 Å². The Morgan fingerprint density at radius 1 is 1.09 bits per heavy atom. The van der Waals surface area contributed by atoms with E-state index in [0.29, 0.717) is 10.7 Å². The van der Waals surface area contributed by atoms with Crippen molar-refractivity contribution in [2.75, 3.05) is 5.32 Å². The lowest BCUT2D eigenvalue weighted by atomic mass is 10.1. The maximum Gasteiger partial charge on any atom is 0.270 e. The van der Waals surface area contributed by atoms with Crippen molar-refractivity contribution in [3.05, 3.63) is 77.3 Å². The fourth-order valence-electron chi connectivity index (χ4n) is 3.58. The fourth-order valence-corrected chi connectivity index (χ4v) is 3.83. The van der Waals surface area contributed by atoms with E-state index in [1.54, 1.807) is 18.3 Å². The van der Waals surface area contributed by atoms with Crippen LogP contribution in [-0.4, -0.2) is 33.7 Å². The monoisotopic (exact) mass is 456 g/mol. The molecule has 164 valence electrons. The number of nitrogens with one attached hydrogen (secondary N) is 2. The molecule has 1 aromatic carbocycles. The Kier molecular flexibility index (Phi) is 6.14. The molecule has 2 aromatic heterocycles. The van der Waals surface area contributed by atoms with Crippen LogP contribution >= 0.6 is 11.6 Å². The highest BCUT2D eigenvalue weighted by Crippen LogP contribution is 2.34. The number of pyridine rings is 2. The van der Waals surface area contributed by atoms with E-state index >= 15 is 0 Å². The highest BCUT2D eigenvalue weighted by Gasteiger charge is 2.40. The van der Waals surface area contributed by atoms with Gasteiger partial charge in [-0.3, -0.25) is 19.6 Å². The number of hydrogen-bond acceptors (Lipinski definition) is 4. The number of rotatable bonds is 5. The lowest BCUT2D eigenvalue weighted by Gasteiger charge is -2.13. The van der Waals surface area contributed by atoms with E-state index in [4.69, 9.17) is 11.6 Å². The highest BCUT2D eigenvalue weighted by atomic mass is 35.5. The third-order valence-corrected chi connectivity index (χ3v) is 5.50. The van der Waals surface area contributed by atoms with Crippen LogP contribution in [0.3, 0.4) is 0 Å². The summed E-state index contributed by atoms with van der Waals surface area (Å²) in [6.45, 7) is 0. The van der Waals surface area contributed by atoms with Crippen LogP contribution in [0.4, 0.5) is 14.5 Å². The van der Waals surface area contributed by atoms with Crippen LogP contribution in [0, 0.1) is 0 Å². The number of carbonyl (C=O) groups excluding carboxylic acids is 2. The molecule has 1 atom stereocenters. The summed E-state index contributed by atoms with van der Waals surface area (Å²) < 4.78 is 26.7. The molecular formula is C23H19ClF2N4O2. The molecule has 0 bridgehead atoms. The van der Waals surface area contributed by atoms with Gasteiger partial charge in [0, 0.05) is 53.0 Å². The van der Waals surface area contributed by atoms with Crippen molar-refractivity contribution < 1.29 is 18.4 Å². The number of halogens is 3. The van der Waals surface area contributed by atoms with Crippen molar-refractivity contribution in [3.63, 3.8) is 0 Å².